The van der Waals surface area contributed by atoms with Crippen LogP contribution in [0.25, 0.3) is 0 Å². The normalized spacial score (nSPS) is 20.1. The van der Waals surface area contributed by atoms with E-state index < -0.39 is 6.04 Å². The van der Waals surface area contributed by atoms with Gasteiger partial charge in [0.2, 0.25) is 11.8 Å². The van der Waals surface area contributed by atoms with Crippen molar-refractivity contribution in [2.75, 3.05) is 26.2 Å². The molecule has 148 valence electrons. The van der Waals surface area contributed by atoms with Gasteiger partial charge in [-0.1, -0.05) is 18.2 Å². The van der Waals surface area contributed by atoms with Gasteiger partial charge in [-0.2, -0.15) is 0 Å². The largest absolute Gasteiger partial charge is 0.491 e. The lowest BCUT2D eigenvalue weighted by Crippen LogP contribution is -2.56. The fraction of sp³-hybridized carbons (Fsp3) is 0.429. The molecular formula is C21H25N3O4. The number of hydrogen-bond acceptors (Lipinski definition) is 5. The minimum Gasteiger partial charge on any atom is -0.491 e. The Kier molecular flexibility index (Phi) is 5.34. The highest BCUT2D eigenvalue weighted by Crippen LogP contribution is 2.24. The van der Waals surface area contributed by atoms with Crippen LogP contribution in [0.1, 0.15) is 23.5 Å². The van der Waals surface area contributed by atoms with E-state index in [9.17, 15) is 9.59 Å². The van der Waals surface area contributed by atoms with Crippen LogP contribution in [0.5, 0.6) is 5.75 Å². The zero-order chi connectivity index (χ0) is 19.5. The highest BCUT2D eigenvalue weighted by molar-refractivity contribution is 5.88. The first kappa shape index (κ1) is 18.6. The topological polar surface area (TPSA) is 75.0 Å². The zero-order valence-electron chi connectivity index (χ0n) is 16.0. The molecule has 2 aromatic rings. The summed E-state index contributed by atoms with van der Waals surface area (Å²) in [4.78, 5) is 29.3. The molecule has 0 aliphatic carbocycles. The second-order valence-corrected chi connectivity index (χ2v) is 7.27. The Labute approximate surface area is 164 Å². The number of hydrogen-bond donors (Lipinski definition) is 1. The summed E-state index contributed by atoms with van der Waals surface area (Å²) in [6, 6.07) is 11.1. The number of rotatable bonds is 4. The molecule has 2 amide bonds. The summed E-state index contributed by atoms with van der Waals surface area (Å²) in [7, 11) is 0. The first-order valence-corrected chi connectivity index (χ1v) is 9.66. The summed E-state index contributed by atoms with van der Waals surface area (Å²) < 4.78 is 11.4. The smallest absolute Gasteiger partial charge is 0.237 e. The Morgan fingerprint density at radius 3 is 2.89 bits per heavy atom. The molecule has 1 atom stereocenters. The quantitative estimate of drug-likeness (QED) is 0.870. The Hall–Kier alpha value is -2.80. The van der Waals surface area contributed by atoms with E-state index in [0.717, 1.165) is 22.8 Å². The highest BCUT2D eigenvalue weighted by Gasteiger charge is 2.34. The lowest BCUT2D eigenvalue weighted by molar-refractivity contribution is -0.139. The number of fused-ring (bicyclic) bond motifs is 1. The molecule has 1 aromatic heterocycles. The average Bonchev–Trinajstić information content (AvgIpc) is 2.97. The summed E-state index contributed by atoms with van der Waals surface area (Å²) in [5.41, 5.74) is 0.990. The van der Waals surface area contributed by atoms with E-state index in [-0.39, 0.29) is 18.2 Å². The molecule has 2 aliphatic rings. The number of amides is 2. The van der Waals surface area contributed by atoms with Crippen LogP contribution < -0.4 is 10.1 Å². The highest BCUT2D eigenvalue weighted by atomic mass is 16.5. The van der Waals surface area contributed by atoms with Gasteiger partial charge >= 0.3 is 0 Å². The molecule has 1 saturated heterocycles. The van der Waals surface area contributed by atoms with E-state index in [1.807, 2.05) is 48.2 Å². The molecule has 0 spiro atoms. The molecule has 1 N–H and O–H groups in total. The first-order valence-electron chi connectivity index (χ1n) is 9.66. The first-order chi connectivity index (χ1) is 13.6. The molecule has 0 saturated carbocycles. The van der Waals surface area contributed by atoms with E-state index in [1.54, 1.807) is 4.90 Å². The van der Waals surface area contributed by atoms with Crippen LogP contribution in [0.3, 0.4) is 0 Å². The standard InChI is InChI=1S/C21H25N3O4/c1-15-6-7-17(28-15)14-23-9-8-22-21(26)18(23)12-20(25)24-10-11-27-19-5-3-2-4-16(19)13-24/h2-7,18H,8-14H2,1H3,(H,22,26). The molecule has 28 heavy (non-hydrogen) atoms. The van der Waals surface area contributed by atoms with Crippen LogP contribution in [-0.2, 0) is 22.7 Å². The fourth-order valence-corrected chi connectivity index (χ4v) is 3.78. The summed E-state index contributed by atoms with van der Waals surface area (Å²) in [5, 5.41) is 2.88. The minimum absolute atomic E-state index is 0.0389. The molecule has 1 unspecified atom stereocenters. The van der Waals surface area contributed by atoms with Crippen molar-refractivity contribution in [1.29, 1.82) is 0 Å². The molecular weight excluding hydrogens is 358 g/mol. The SMILES string of the molecule is Cc1ccc(CN2CCNC(=O)C2CC(=O)N2CCOc3ccccc3C2)o1. The van der Waals surface area contributed by atoms with Gasteiger partial charge < -0.3 is 19.4 Å². The number of para-hydroxylation sites is 1. The van der Waals surface area contributed by atoms with Gasteiger partial charge in [0.15, 0.2) is 0 Å². The lowest BCUT2D eigenvalue weighted by Gasteiger charge is -2.35. The zero-order valence-corrected chi connectivity index (χ0v) is 16.0. The minimum atomic E-state index is -0.494. The molecule has 4 rings (SSSR count). The van der Waals surface area contributed by atoms with Gasteiger partial charge in [0, 0.05) is 25.2 Å². The van der Waals surface area contributed by atoms with Crippen LogP contribution in [0.15, 0.2) is 40.8 Å². The maximum absolute atomic E-state index is 13.0. The number of nitrogens with one attached hydrogen (secondary N) is 1. The van der Waals surface area contributed by atoms with Crippen molar-refractivity contribution in [2.24, 2.45) is 0 Å². The Balaban J connectivity index is 1.45. The van der Waals surface area contributed by atoms with Crippen LogP contribution in [-0.4, -0.2) is 53.9 Å². The molecule has 1 fully saturated rings. The van der Waals surface area contributed by atoms with Crippen molar-refractivity contribution in [1.82, 2.24) is 15.1 Å². The second kappa shape index (κ2) is 8.06. The number of benzene rings is 1. The van der Waals surface area contributed by atoms with E-state index in [4.69, 9.17) is 9.15 Å². The number of ether oxygens (including phenoxy) is 1. The van der Waals surface area contributed by atoms with Gasteiger partial charge in [0.1, 0.15) is 23.9 Å². The third-order valence-corrected chi connectivity index (χ3v) is 5.27. The molecule has 7 heteroatoms. The maximum atomic E-state index is 13.0. The van der Waals surface area contributed by atoms with Crippen molar-refractivity contribution in [3.05, 3.63) is 53.5 Å². The number of nitrogens with zero attached hydrogens (tertiary/aromatic N) is 2. The number of furan rings is 1. The van der Waals surface area contributed by atoms with Gasteiger partial charge in [0.25, 0.3) is 0 Å². The number of carbonyl (C=O) groups excluding carboxylic acids is 2. The number of carbonyl (C=O) groups is 2. The van der Waals surface area contributed by atoms with Gasteiger partial charge in [-0.25, -0.2) is 0 Å². The predicted molar refractivity (Wildman–Crippen MR) is 103 cm³/mol. The van der Waals surface area contributed by atoms with E-state index >= 15 is 0 Å². The van der Waals surface area contributed by atoms with Crippen molar-refractivity contribution in [2.45, 2.75) is 32.5 Å². The van der Waals surface area contributed by atoms with E-state index in [1.165, 1.54) is 0 Å². The van der Waals surface area contributed by atoms with Gasteiger partial charge in [-0.15, -0.1) is 0 Å². The van der Waals surface area contributed by atoms with Crippen molar-refractivity contribution >= 4 is 11.8 Å². The van der Waals surface area contributed by atoms with Gasteiger partial charge in [-0.05, 0) is 25.1 Å². The monoisotopic (exact) mass is 383 g/mol. The average molecular weight is 383 g/mol. The third kappa shape index (κ3) is 4.04. The molecule has 0 bridgehead atoms. The molecule has 7 nitrogen and oxygen atoms in total. The molecule has 1 aromatic carbocycles. The van der Waals surface area contributed by atoms with Crippen molar-refractivity contribution < 1.29 is 18.7 Å². The van der Waals surface area contributed by atoms with Crippen LogP contribution >= 0.6 is 0 Å². The van der Waals surface area contributed by atoms with Crippen molar-refractivity contribution in [3.8, 4) is 5.75 Å². The maximum Gasteiger partial charge on any atom is 0.237 e. The summed E-state index contributed by atoms with van der Waals surface area (Å²) in [6.07, 6.45) is 0.147. The van der Waals surface area contributed by atoms with E-state index in [0.29, 0.717) is 39.3 Å². The molecule has 3 heterocycles. The lowest BCUT2D eigenvalue weighted by atomic mass is 10.1. The van der Waals surface area contributed by atoms with Gasteiger partial charge in [0.05, 0.1) is 25.6 Å². The van der Waals surface area contributed by atoms with Gasteiger partial charge in [-0.3, -0.25) is 14.5 Å². The van der Waals surface area contributed by atoms with Crippen molar-refractivity contribution in [3.63, 3.8) is 0 Å². The second-order valence-electron chi connectivity index (χ2n) is 7.27. The number of aryl methyl sites for hydroxylation is 1. The molecule has 2 aliphatic heterocycles. The van der Waals surface area contributed by atoms with E-state index in [2.05, 4.69) is 5.32 Å². The Bertz CT molecular complexity index is 863. The summed E-state index contributed by atoms with van der Waals surface area (Å²) in [6.45, 7) is 5.15. The fourth-order valence-electron chi connectivity index (χ4n) is 3.78. The predicted octanol–water partition coefficient (Wildman–Crippen LogP) is 1.70. The Morgan fingerprint density at radius 1 is 1.21 bits per heavy atom. The van der Waals surface area contributed by atoms with Crippen LogP contribution in [0, 0.1) is 6.92 Å². The summed E-state index contributed by atoms with van der Waals surface area (Å²) in [5.74, 6) is 2.33. The Morgan fingerprint density at radius 2 is 2.07 bits per heavy atom. The summed E-state index contributed by atoms with van der Waals surface area (Å²) >= 11 is 0. The van der Waals surface area contributed by atoms with Crippen LogP contribution in [0.2, 0.25) is 0 Å². The van der Waals surface area contributed by atoms with Crippen LogP contribution in [0.4, 0.5) is 0 Å². The molecule has 0 radical (unpaired) electrons. The third-order valence-electron chi connectivity index (χ3n) is 5.27. The number of piperazine rings is 1.